The summed E-state index contributed by atoms with van der Waals surface area (Å²) in [6.07, 6.45) is 1.73. The van der Waals surface area contributed by atoms with Crippen molar-refractivity contribution in [2.24, 2.45) is 10.7 Å². The Bertz CT molecular complexity index is 975. The molecule has 1 heterocycles. The summed E-state index contributed by atoms with van der Waals surface area (Å²) in [5.41, 5.74) is 7.53. The quantitative estimate of drug-likeness (QED) is 0.444. The lowest BCUT2D eigenvalue weighted by atomic mass is 10.2. The maximum absolute atomic E-state index is 11.8. The molecule has 0 radical (unpaired) electrons. The molecule has 1 amide bonds. The van der Waals surface area contributed by atoms with E-state index in [1.807, 2.05) is 50.2 Å². The van der Waals surface area contributed by atoms with Gasteiger partial charge in [0.25, 0.3) is 5.91 Å². The number of nitrogens with two attached hydrogens (primary N) is 1. The molecule has 0 aromatic heterocycles. The highest BCUT2D eigenvalue weighted by molar-refractivity contribution is 9.10. The third kappa shape index (κ3) is 5.77. The topological polar surface area (TPSA) is 83.1 Å². The predicted molar refractivity (Wildman–Crippen MR) is 120 cm³/mol. The van der Waals surface area contributed by atoms with Crippen molar-refractivity contribution in [2.75, 3.05) is 19.8 Å². The van der Waals surface area contributed by atoms with Crippen LogP contribution < -0.4 is 19.9 Å². The van der Waals surface area contributed by atoms with Crippen molar-refractivity contribution in [3.8, 4) is 17.2 Å². The van der Waals surface area contributed by atoms with Crippen LogP contribution in [-0.2, 0) is 4.79 Å². The first-order chi connectivity index (χ1) is 14.0. The number of hydrogen-bond acceptors (Lipinski definition) is 6. The van der Waals surface area contributed by atoms with Gasteiger partial charge in [-0.3, -0.25) is 4.79 Å². The number of amidine groups is 1. The van der Waals surface area contributed by atoms with Crippen molar-refractivity contribution in [3.63, 3.8) is 0 Å². The van der Waals surface area contributed by atoms with E-state index >= 15 is 0 Å². The molecule has 2 aromatic carbocycles. The normalized spacial score (nSPS) is 14.8. The molecule has 0 fully saturated rings. The molecule has 1 aliphatic heterocycles. The summed E-state index contributed by atoms with van der Waals surface area (Å²) in [7, 11) is 0. The lowest BCUT2D eigenvalue weighted by Gasteiger charge is -2.15. The van der Waals surface area contributed by atoms with Crippen LogP contribution in [-0.4, -0.2) is 30.9 Å². The Morgan fingerprint density at radius 2 is 1.97 bits per heavy atom. The SMILES string of the molecule is CCOc1cc(/C=C2/SC(N)=NC2=O)cc(Br)c1OCCOc1cccc(C)c1. The first-order valence-corrected chi connectivity index (χ1v) is 10.6. The van der Waals surface area contributed by atoms with Crippen LogP contribution in [0.3, 0.4) is 0 Å². The Morgan fingerprint density at radius 1 is 1.17 bits per heavy atom. The van der Waals surface area contributed by atoms with Crippen LogP contribution in [0.1, 0.15) is 18.1 Å². The van der Waals surface area contributed by atoms with E-state index in [1.54, 1.807) is 6.08 Å². The lowest BCUT2D eigenvalue weighted by Crippen LogP contribution is -2.10. The maximum Gasteiger partial charge on any atom is 0.286 e. The monoisotopic (exact) mass is 476 g/mol. The Morgan fingerprint density at radius 3 is 2.66 bits per heavy atom. The second kappa shape index (κ2) is 9.84. The second-order valence-corrected chi connectivity index (χ2v) is 8.06. The third-order valence-electron chi connectivity index (χ3n) is 3.85. The first kappa shape index (κ1) is 21.3. The van der Waals surface area contributed by atoms with Crippen molar-refractivity contribution < 1.29 is 19.0 Å². The molecule has 0 bridgehead atoms. The van der Waals surface area contributed by atoms with E-state index in [1.165, 1.54) is 0 Å². The van der Waals surface area contributed by atoms with Gasteiger partial charge in [0, 0.05) is 0 Å². The minimum Gasteiger partial charge on any atom is -0.490 e. The standard InChI is InChI=1S/C21H21BrN2O4S/c1-3-26-17-11-14(12-18-20(25)24-21(23)29-18)10-16(22)19(17)28-8-7-27-15-6-4-5-13(2)9-15/h4-6,9-12H,3,7-8H2,1-2H3,(H2,23,24,25)/b18-12+. The van der Waals surface area contributed by atoms with Gasteiger partial charge in [-0.05, 0) is 83.0 Å². The Hall–Kier alpha value is -2.45. The number of hydrogen-bond donors (Lipinski definition) is 1. The number of carbonyl (C=O) groups is 1. The van der Waals surface area contributed by atoms with Crippen molar-refractivity contribution >= 4 is 44.8 Å². The minimum absolute atomic E-state index is 0.249. The summed E-state index contributed by atoms with van der Waals surface area (Å²) in [5.74, 6) is 1.63. The van der Waals surface area contributed by atoms with Gasteiger partial charge >= 0.3 is 0 Å². The summed E-state index contributed by atoms with van der Waals surface area (Å²) in [4.78, 5) is 16.0. The zero-order valence-electron chi connectivity index (χ0n) is 16.1. The number of rotatable bonds is 8. The Balaban J connectivity index is 1.69. The largest absolute Gasteiger partial charge is 0.490 e. The highest BCUT2D eigenvalue weighted by atomic mass is 79.9. The molecule has 152 valence electrons. The van der Waals surface area contributed by atoms with Gasteiger partial charge in [-0.15, -0.1) is 0 Å². The van der Waals surface area contributed by atoms with Gasteiger partial charge in [0.05, 0.1) is 16.0 Å². The molecule has 0 atom stereocenters. The van der Waals surface area contributed by atoms with Crippen LogP contribution in [0.25, 0.3) is 6.08 Å². The fourth-order valence-electron chi connectivity index (χ4n) is 2.66. The molecule has 1 aliphatic rings. The Labute approximate surface area is 182 Å². The fourth-order valence-corrected chi connectivity index (χ4v) is 3.92. The molecular weight excluding hydrogens is 456 g/mol. The molecule has 29 heavy (non-hydrogen) atoms. The highest BCUT2D eigenvalue weighted by Crippen LogP contribution is 2.38. The summed E-state index contributed by atoms with van der Waals surface area (Å²) >= 11 is 4.68. The number of ether oxygens (including phenoxy) is 3. The van der Waals surface area contributed by atoms with E-state index in [4.69, 9.17) is 19.9 Å². The number of aryl methyl sites for hydroxylation is 1. The van der Waals surface area contributed by atoms with E-state index < -0.39 is 0 Å². The van der Waals surface area contributed by atoms with Crippen molar-refractivity contribution in [1.82, 2.24) is 0 Å². The van der Waals surface area contributed by atoms with E-state index in [-0.39, 0.29) is 11.1 Å². The smallest absolute Gasteiger partial charge is 0.286 e. The van der Waals surface area contributed by atoms with Crippen molar-refractivity contribution in [3.05, 3.63) is 56.9 Å². The molecule has 6 nitrogen and oxygen atoms in total. The van der Waals surface area contributed by atoms with Gasteiger partial charge in [0.1, 0.15) is 19.0 Å². The number of amides is 1. The summed E-state index contributed by atoms with van der Waals surface area (Å²) in [5, 5.41) is 0.249. The van der Waals surface area contributed by atoms with Crippen LogP contribution in [0.4, 0.5) is 0 Å². The lowest BCUT2D eigenvalue weighted by molar-refractivity contribution is -0.113. The zero-order valence-corrected chi connectivity index (χ0v) is 18.5. The Kier molecular flexibility index (Phi) is 7.22. The molecule has 0 unspecified atom stereocenters. The van der Waals surface area contributed by atoms with Gasteiger partial charge < -0.3 is 19.9 Å². The number of halogens is 1. The van der Waals surface area contributed by atoms with Crippen molar-refractivity contribution in [1.29, 1.82) is 0 Å². The van der Waals surface area contributed by atoms with E-state index in [0.717, 1.165) is 33.1 Å². The average Bonchev–Trinajstić information content (AvgIpc) is 2.97. The summed E-state index contributed by atoms with van der Waals surface area (Å²) < 4.78 is 18.1. The zero-order chi connectivity index (χ0) is 20.8. The molecule has 2 aromatic rings. The highest BCUT2D eigenvalue weighted by Gasteiger charge is 2.20. The van der Waals surface area contributed by atoms with Crippen molar-refractivity contribution in [2.45, 2.75) is 13.8 Å². The first-order valence-electron chi connectivity index (χ1n) is 9.03. The molecule has 0 spiro atoms. The van der Waals surface area contributed by atoms with E-state index in [9.17, 15) is 4.79 Å². The molecule has 0 aliphatic carbocycles. The maximum atomic E-state index is 11.8. The number of benzene rings is 2. The van der Waals surface area contributed by atoms with Crippen LogP contribution in [0.2, 0.25) is 0 Å². The molecule has 8 heteroatoms. The van der Waals surface area contributed by atoms with Gasteiger partial charge in [0.2, 0.25) is 0 Å². The number of aliphatic imine (C=N–C) groups is 1. The molecule has 0 saturated carbocycles. The number of carbonyl (C=O) groups excluding carboxylic acids is 1. The van der Waals surface area contributed by atoms with Crippen LogP contribution in [0.15, 0.2) is 50.8 Å². The average molecular weight is 477 g/mol. The van der Waals surface area contributed by atoms with Crippen LogP contribution in [0.5, 0.6) is 17.2 Å². The molecule has 2 N–H and O–H groups in total. The van der Waals surface area contributed by atoms with Crippen LogP contribution in [0, 0.1) is 6.92 Å². The minimum atomic E-state index is -0.338. The molecular formula is C21H21BrN2O4S. The van der Waals surface area contributed by atoms with Crippen LogP contribution >= 0.6 is 27.7 Å². The molecule has 0 saturated heterocycles. The number of thioether (sulfide) groups is 1. The van der Waals surface area contributed by atoms with Gasteiger partial charge in [0.15, 0.2) is 16.7 Å². The van der Waals surface area contributed by atoms with E-state index in [0.29, 0.717) is 36.2 Å². The number of nitrogens with zero attached hydrogens (tertiary/aromatic N) is 1. The third-order valence-corrected chi connectivity index (χ3v) is 5.26. The second-order valence-electron chi connectivity index (χ2n) is 6.14. The summed E-state index contributed by atoms with van der Waals surface area (Å²) in [6, 6.07) is 11.5. The fraction of sp³-hybridized carbons (Fsp3) is 0.238. The van der Waals surface area contributed by atoms with Gasteiger partial charge in [-0.1, -0.05) is 12.1 Å². The summed E-state index contributed by atoms with van der Waals surface area (Å²) in [6.45, 7) is 5.14. The van der Waals surface area contributed by atoms with E-state index in [2.05, 4.69) is 20.9 Å². The predicted octanol–water partition coefficient (Wildman–Crippen LogP) is 4.54. The van der Waals surface area contributed by atoms with Gasteiger partial charge in [-0.25, -0.2) is 0 Å². The van der Waals surface area contributed by atoms with Gasteiger partial charge in [-0.2, -0.15) is 4.99 Å². The molecule has 3 rings (SSSR count).